The second-order valence-electron chi connectivity index (χ2n) is 11.9. The lowest BCUT2D eigenvalue weighted by molar-refractivity contribution is -0.158. The molecular weight excluding hydrogens is 420 g/mol. The molecule has 0 bridgehead atoms. The number of benzene rings is 1. The Morgan fingerprint density at radius 1 is 1.09 bits per heavy atom. The van der Waals surface area contributed by atoms with Crippen molar-refractivity contribution in [1.29, 1.82) is 0 Å². The van der Waals surface area contributed by atoms with Gasteiger partial charge in [-0.05, 0) is 43.1 Å². The fourth-order valence-corrected chi connectivity index (χ4v) is 4.84. The van der Waals surface area contributed by atoms with E-state index in [0.29, 0.717) is 6.54 Å². The number of carbonyl (C=O) groups is 3. The van der Waals surface area contributed by atoms with Crippen LogP contribution in [0.4, 0.5) is 4.79 Å². The molecule has 1 aromatic rings. The first-order valence-electron chi connectivity index (χ1n) is 11.6. The summed E-state index contributed by atoms with van der Waals surface area (Å²) in [5, 5.41) is 2.75. The molecule has 1 saturated heterocycles. The van der Waals surface area contributed by atoms with Crippen molar-refractivity contribution in [3.8, 4) is 0 Å². The van der Waals surface area contributed by atoms with E-state index in [4.69, 9.17) is 9.47 Å². The highest BCUT2D eigenvalue weighted by atomic mass is 16.6. The van der Waals surface area contributed by atoms with Gasteiger partial charge in [-0.1, -0.05) is 65.0 Å². The van der Waals surface area contributed by atoms with Crippen molar-refractivity contribution in [3.63, 3.8) is 0 Å². The fraction of sp³-hybridized carbons (Fsp3) is 0.654. The van der Waals surface area contributed by atoms with E-state index in [1.54, 1.807) is 25.7 Å². The second-order valence-corrected chi connectivity index (χ2v) is 11.9. The van der Waals surface area contributed by atoms with Gasteiger partial charge in [-0.15, -0.1) is 0 Å². The van der Waals surface area contributed by atoms with Gasteiger partial charge < -0.3 is 19.7 Å². The second kappa shape index (κ2) is 8.65. The van der Waals surface area contributed by atoms with E-state index in [0.717, 1.165) is 5.56 Å². The number of piperidine rings is 1. The van der Waals surface area contributed by atoms with Gasteiger partial charge in [0.15, 0.2) is 0 Å². The minimum absolute atomic E-state index is 0.0248. The van der Waals surface area contributed by atoms with Crippen LogP contribution in [-0.4, -0.2) is 47.1 Å². The quantitative estimate of drug-likeness (QED) is 0.670. The summed E-state index contributed by atoms with van der Waals surface area (Å²) in [5.74, 6) is -0.391. The van der Waals surface area contributed by atoms with Gasteiger partial charge in [0.2, 0.25) is 5.91 Å². The number of hydrogen-bond donors (Lipinski definition) is 1. The highest BCUT2D eigenvalue weighted by Crippen LogP contribution is 2.65. The summed E-state index contributed by atoms with van der Waals surface area (Å²) in [4.78, 5) is 41.0. The maximum Gasteiger partial charge on any atom is 0.408 e. The van der Waals surface area contributed by atoms with Crippen molar-refractivity contribution < 1.29 is 23.9 Å². The van der Waals surface area contributed by atoms with Crippen LogP contribution in [0.2, 0.25) is 0 Å². The molecule has 4 atom stereocenters. The molecule has 0 radical (unpaired) electrons. The van der Waals surface area contributed by atoms with Gasteiger partial charge in [-0.3, -0.25) is 4.79 Å². The number of nitrogens with zero attached hydrogens (tertiary/aromatic N) is 1. The first kappa shape index (κ1) is 25.1. The van der Waals surface area contributed by atoms with Gasteiger partial charge in [-0.25, -0.2) is 9.59 Å². The standard InChI is InChI=1S/C26H38N2O5/c1-24(2,3)20(27-23(31)33-25(4,5)6)21(29)28-14-17-18(26(17,7)8)19(28)22(30)32-15-16-12-10-9-11-13-16/h9-13,17-20H,14-15H2,1-8H3,(H,27,31)/t17-,18-,19-,20+/m0/s1. The Hall–Kier alpha value is -2.57. The van der Waals surface area contributed by atoms with Gasteiger partial charge in [0.05, 0.1) is 0 Å². The van der Waals surface area contributed by atoms with Crippen LogP contribution in [-0.2, 0) is 25.7 Å². The molecule has 3 rings (SSSR count). The molecule has 2 amide bonds. The number of fused-ring (bicyclic) bond motifs is 1. The Morgan fingerprint density at radius 3 is 2.24 bits per heavy atom. The maximum absolute atomic E-state index is 13.7. The topological polar surface area (TPSA) is 84.9 Å². The zero-order valence-corrected chi connectivity index (χ0v) is 21.1. The molecule has 1 aliphatic carbocycles. The fourth-order valence-electron chi connectivity index (χ4n) is 4.84. The Balaban J connectivity index is 1.78. The van der Waals surface area contributed by atoms with Crippen molar-refractivity contribution in [3.05, 3.63) is 35.9 Å². The molecule has 0 spiro atoms. The van der Waals surface area contributed by atoms with Crippen molar-refractivity contribution in [2.75, 3.05) is 6.54 Å². The summed E-state index contributed by atoms with van der Waals surface area (Å²) < 4.78 is 11.0. The van der Waals surface area contributed by atoms with Crippen molar-refractivity contribution in [2.24, 2.45) is 22.7 Å². The molecule has 182 valence electrons. The van der Waals surface area contributed by atoms with Crippen LogP contribution in [0.15, 0.2) is 30.3 Å². The predicted molar refractivity (Wildman–Crippen MR) is 125 cm³/mol. The van der Waals surface area contributed by atoms with Crippen molar-refractivity contribution in [1.82, 2.24) is 10.2 Å². The summed E-state index contributed by atoms with van der Waals surface area (Å²) in [6, 6.07) is 7.99. The van der Waals surface area contributed by atoms with Crippen LogP contribution in [0.5, 0.6) is 0 Å². The molecule has 1 aromatic carbocycles. The third kappa shape index (κ3) is 5.50. The number of nitrogens with one attached hydrogen (secondary N) is 1. The number of amides is 2. The van der Waals surface area contributed by atoms with E-state index in [1.807, 2.05) is 51.1 Å². The lowest BCUT2D eigenvalue weighted by Crippen LogP contribution is -2.58. The van der Waals surface area contributed by atoms with Gasteiger partial charge in [0.1, 0.15) is 24.3 Å². The Labute approximate surface area is 197 Å². The number of likely N-dealkylation sites (tertiary alicyclic amines) is 1. The van der Waals surface area contributed by atoms with Crippen LogP contribution in [0, 0.1) is 22.7 Å². The average Bonchev–Trinajstić information content (AvgIpc) is 3.03. The molecule has 2 aliphatic rings. The zero-order valence-electron chi connectivity index (χ0n) is 21.1. The molecule has 1 N–H and O–H groups in total. The summed E-state index contributed by atoms with van der Waals surface area (Å²) in [5.41, 5.74) is -0.385. The first-order valence-corrected chi connectivity index (χ1v) is 11.6. The summed E-state index contributed by atoms with van der Waals surface area (Å²) in [6.07, 6.45) is -0.649. The normalized spacial score (nSPS) is 24.5. The molecule has 1 saturated carbocycles. The molecular formula is C26H38N2O5. The molecule has 2 fully saturated rings. The number of ether oxygens (including phenoxy) is 2. The molecule has 0 aromatic heterocycles. The average molecular weight is 459 g/mol. The maximum atomic E-state index is 13.7. The summed E-state index contributed by atoms with van der Waals surface area (Å²) in [6.45, 7) is 15.9. The van der Waals surface area contributed by atoms with Gasteiger partial charge >= 0.3 is 12.1 Å². The Bertz CT molecular complexity index is 897. The molecule has 1 heterocycles. The predicted octanol–water partition coefficient (Wildman–Crippen LogP) is 4.15. The number of alkyl carbamates (subject to hydrolysis) is 1. The zero-order chi connectivity index (χ0) is 24.8. The van der Waals surface area contributed by atoms with Crippen molar-refractivity contribution in [2.45, 2.75) is 79.7 Å². The Morgan fingerprint density at radius 2 is 1.70 bits per heavy atom. The van der Waals surface area contributed by atoms with Crippen LogP contribution in [0.25, 0.3) is 0 Å². The van der Waals surface area contributed by atoms with Crippen LogP contribution < -0.4 is 5.32 Å². The highest BCUT2D eigenvalue weighted by molar-refractivity contribution is 5.91. The SMILES string of the molecule is CC(C)(C)OC(=O)N[C@H](C(=O)N1C[C@H]2[C@@H]([C@H]1C(=O)OCc1ccccc1)C2(C)C)C(C)(C)C. The summed E-state index contributed by atoms with van der Waals surface area (Å²) in [7, 11) is 0. The number of hydrogen-bond acceptors (Lipinski definition) is 5. The first-order chi connectivity index (χ1) is 15.1. The lowest BCUT2D eigenvalue weighted by atomic mass is 9.85. The van der Waals surface area contributed by atoms with E-state index in [9.17, 15) is 14.4 Å². The van der Waals surface area contributed by atoms with Crippen LogP contribution >= 0.6 is 0 Å². The number of carbonyl (C=O) groups excluding carboxylic acids is 3. The molecule has 1 aliphatic heterocycles. The van der Waals surface area contributed by atoms with Crippen LogP contribution in [0.3, 0.4) is 0 Å². The molecule has 0 unspecified atom stereocenters. The smallest absolute Gasteiger partial charge is 0.408 e. The minimum atomic E-state index is -0.836. The third-order valence-electron chi connectivity index (χ3n) is 6.73. The summed E-state index contributed by atoms with van der Waals surface area (Å²) >= 11 is 0. The van der Waals surface area contributed by atoms with Crippen LogP contribution in [0.1, 0.15) is 61.0 Å². The van der Waals surface area contributed by atoms with Crippen molar-refractivity contribution >= 4 is 18.0 Å². The lowest BCUT2D eigenvalue weighted by Gasteiger charge is -2.37. The van der Waals surface area contributed by atoms with Gasteiger partial charge in [-0.2, -0.15) is 0 Å². The van der Waals surface area contributed by atoms with E-state index < -0.39 is 35.2 Å². The molecule has 33 heavy (non-hydrogen) atoms. The largest absolute Gasteiger partial charge is 0.459 e. The third-order valence-corrected chi connectivity index (χ3v) is 6.73. The highest BCUT2D eigenvalue weighted by Gasteiger charge is 2.70. The Kier molecular flexibility index (Phi) is 6.57. The van der Waals surface area contributed by atoms with Gasteiger partial charge in [0, 0.05) is 12.5 Å². The monoisotopic (exact) mass is 458 g/mol. The van der Waals surface area contributed by atoms with Gasteiger partial charge in [0.25, 0.3) is 0 Å². The van der Waals surface area contributed by atoms with E-state index in [1.165, 1.54) is 0 Å². The minimum Gasteiger partial charge on any atom is -0.459 e. The van der Waals surface area contributed by atoms with E-state index in [-0.39, 0.29) is 29.8 Å². The van der Waals surface area contributed by atoms with E-state index >= 15 is 0 Å². The number of rotatable bonds is 5. The van der Waals surface area contributed by atoms with E-state index in [2.05, 4.69) is 19.2 Å². The number of esters is 1. The molecule has 7 nitrogen and oxygen atoms in total. The molecule has 7 heteroatoms.